The number of aryl methyl sites for hydroxylation is 2. The van der Waals surface area contributed by atoms with Gasteiger partial charge in [0.15, 0.2) is 5.17 Å². The predicted octanol–water partition coefficient (Wildman–Crippen LogP) is 6.54. The number of nitrogens with zero attached hydrogens (tertiary/aromatic N) is 1. The number of ether oxygens (including phenoxy) is 1. The molecule has 1 saturated heterocycles. The summed E-state index contributed by atoms with van der Waals surface area (Å²) in [7, 11) is 0. The van der Waals surface area contributed by atoms with Crippen LogP contribution in [-0.4, -0.2) is 11.1 Å². The zero-order chi connectivity index (χ0) is 23.4. The number of carbonyl (C=O) groups excluding carboxylic acids is 1. The van der Waals surface area contributed by atoms with Crippen molar-refractivity contribution in [3.05, 3.63) is 104 Å². The lowest BCUT2D eigenvalue weighted by atomic mass is 10.1. The summed E-state index contributed by atoms with van der Waals surface area (Å²) in [5.41, 5.74) is 5.26. The first-order chi connectivity index (χ1) is 15.9. The molecule has 1 heterocycles. The highest BCUT2D eigenvalue weighted by molar-refractivity contribution is 9.10. The third kappa shape index (κ3) is 6.33. The van der Waals surface area contributed by atoms with Crippen LogP contribution in [-0.2, 0) is 17.9 Å². The molecule has 0 bridgehead atoms. The van der Waals surface area contributed by atoms with Crippen LogP contribution in [0.5, 0.6) is 5.75 Å². The first kappa shape index (κ1) is 23.3. The largest absolute Gasteiger partial charge is 0.488 e. The lowest BCUT2D eigenvalue weighted by Gasteiger charge is -2.09. The van der Waals surface area contributed by atoms with E-state index in [1.807, 2.05) is 24.3 Å². The number of amidine groups is 1. The molecule has 0 spiro atoms. The predicted molar refractivity (Wildman–Crippen MR) is 136 cm³/mol. The summed E-state index contributed by atoms with van der Waals surface area (Å²) in [4.78, 5) is 17.5. The first-order valence-corrected chi connectivity index (χ1v) is 12.0. The highest BCUT2D eigenvalue weighted by Gasteiger charge is 2.23. The molecule has 0 atom stereocenters. The summed E-state index contributed by atoms with van der Waals surface area (Å²) in [5, 5.41) is 3.44. The Kier molecular flexibility index (Phi) is 7.30. The molecule has 4 rings (SSSR count). The Bertz CT molecular complexity index is 1240. The molecule has 3 aromatic rings. The molecule has 1 fully saturated rings. The molecule has 1 amide bonds. The van der Waals surface area contributed by atoms with Crippen molar-refractivity contribution in [2.45, 2.75) is 27.0 Å². The van der Waals surface area contributed by atoms with Crippen LogP contribution in [0.3, 0.4) is 0 Å². The van der Waals surface area contributed by atoms with E-state index < -0.39 is 0 Å². The Balaban J connectivity index is 1.41. The second kappa shape index (κ2) is 10.4. The van der Waals surface area contributed by atoms with Gasteiger partial charge in [-0.15, -0.1) is 0 Å². The number of thioether (sulfide) groups is 1. The number of halogens is 2. The van der Waals surface area contributed by atoms with E-state index in [0.717, 1.165) is 21.2 Å². The van der Waals surface area contributed by atoms with Gasteiger partial charge in [-0.3, -0.25) is 9.79 Å². The summed E-state index contributed by atoms with van der Waals surface area (Å²) in [5.74, 6) is 0.234. The van der Waals surface area contributed by atoms with Crippen molar-refractivity contribution in [3.63, 3.8) is 0 Å². The minimum absolute atomic E-state index is 0.160. The van der Waals surface area contributed by atoms with Gasteiger partial charge in [-0.1, -0.05) is 47.5 Å². The van der Waals surface area contributed by atoms with Gasteiger partial charge in [-0.25, -0.2) is 4.39 Å². The van der Waals surface area contributed by atoms with Crippen LogP contribution >= 0.6 is 27.7 Å². The molecule has 7 heteroatoms. The quantitative estimate of drug-likeness (QED) is 0.372. The Morgan fingerprint density at radius 3 is 2.45 bits per heavy atom. The van der Waals surface area contributed by atoms with Gasteiger partial charge in [0.05, 0.1) is 15.9 Å². The van der Waals surface area contributed by atoms with E-state index in [-0.39, 0.29) is 11.7 Å². The number of amides is 1. The van der Waals surface area contributed by atoms with Gasteiger partial charge >= 0.3 is 0 Å². The van der Waals surface area contributed by atoms with Crippen molar-refractivity contribution >= 4 is 44.8 Å². The van der Waals surface area contributed by atoms with E-state index in [1.165, 1.54) is 35.0 Å². The van der Waals surface area contributed by atoms with Crippen LogP contribution in [0.25, 0.3) is 6.08 Å². The normalized spacial score (nSPS) is 15.8. The third-order valence-corrected chi connectivity index (χ3v) is 6.47. The molecule has 1 aliphatic rings. The minimum Gasteiger partial charge on any atom is -0.488 e. The van der Waals surface area contributed by atoms with E-state index in [4.69, 9.17) is 4.74 Å². The molecule has 0 aromatic heterocycles. The van der Waals surface area contributed by atoms with E-state index in [0.29, 0.717) is 29.0 Å². The summed E-state index contributed by atoms with van der Waals surface area (Å²) in [6.07, 6.45) is 1.83. The Labute approximate surface area is 205 Å². The number of benzene rings is 3. The standard InChI is InChI=1S/C26H22BrFN2O2S/c1-16-9-17(2)11-20(10-16)14-29-26-30-25(31)24(33-26)13-19-5-8-23(22(27)12-19)32-15-18-3-6-21(28)7-4-18/h3-13H,14-15H2,1-2H3,(H,29,30,31)/b24-13-. The van der Waals surface area contributed by atoms with Gasteiger partial charge < -0.3 is 10.1 Å². The maximum atomic E-state index is 13.0. The van der Waals surface area contributed by atoms with Crippen LogP contribution in [0.4, 0.5) is 4.39 Å². The second-order valence-electron chi connectivity index (χ2n) is 7.79. The number of hydrogen-bond donors (Lipinski definition) is 1. The fourth-order valence-corrected chi connectivity index (χ4v) is 4.77. The Morgan fingerprint density at radius 1 is 1.03 bits per heavy atom. The Morgan fingerprint density at radius 2 is 1.76 bits per heavy atom. The van der Waals surface area contributed by atoms with Gasteiger partial charge in [0.25, 0.3) is 5.91 Å². The average molecular weight is 525 g/mol. The molecule has 0 aliphatic carbocycles. The van der Waals surface area contributed by atoms with Crippen LogP contribution in [0.15, 0.2) is 75.0 Å². The molecule has 168 valence electrons. The molecular formula is C26H22BrFN2O2S. The van der Waals surface area contributed by atoms with Crippen molar-refractivity contribution in [1.82, 2.24) is 5.32 Å². The SMILES string of the molecule is Cc1cc(C)cc(CN=C2NC(=O)/C(=C/c3ccc(OCc4ccc(F)cc4)c(Br)c3)S2)c1. The Hall–Kier alpha value is -2.90. The van der Waals surface area contributed by atoms with Gasteiger partial charge in [0, 0.05) is 0 Å². The van der Waals surface area contributed by atoms with Crippen molar-refractivity contribution in [2.24, 2.45) is 4.99 Å². The molecular weight excluding hydrogens is 503 g/mol. The highest BCUT2D eigenvalue weighted by atomic mass is 79.9. The second-order valence-corrected chi connectivity index (χ2v) is 9.67. The molecule has 3 aromatic carbocycles. The third-order valence-electron chi connectivity index (χ3n) is 4.90. The number of aliphatic imine (C=N–C) groups is 1. The highest BCUT2D eigenvalue weighted by Crippen LogP contribution is 2.31. The van der Waals surface area contributed by atoms with Crippen molar-refractivity contribution < 1.29 is 13.9 Å². The van der Waals surface area contributed by atoms with Gasteiger partial charge in [-0.2, -0.15) is 0 Å². The number of rotatable bonds is 6. The van der Waals surface area contributed by atoms with E-state index in [2.05, 4.69) is 58.3 Å². The maximum Gasteiger partial charge on any atom is 0.264 e. The van der Waals surface area contributed by atoms with Crippen LogP contribution in [0.1, 0.15) is 27.8 Å². The molecule has 0 unspecified atom stereocenters. The van der Waals surface area contributed by atoms with Crippen LogP contribution in [0.2, 0.25) is 0 Å². The monoisotopic (exact) mass is 524 g/mol. The smallest absolute Gasteiger partial charge is 0.264 e. The van der Waals surface area contributed by atoms with Gasteiger partial charge in [0.2, 0.25) is 0 Å². The summed E-state index contributed by atoms with van der Waals surface area (Å²) in [6, 6.07) is 18.2. The van der Waals surface area contributed by atoms with Gasteiger partial charge in [0.1, 0.15) is 18.2 Å². The first-order valence-electron chi connectivity index (χ1n) is 10.3. The topological polar surface area (TPSA) is 50.7 Å². The summed E-state index contributed by atoms with van der Waals surface area (Å²) in [6.45, 7) is 4.98. The van der Waals surface area contributed by atoms with Crippen molar-refractivity contribution in [2.75, 3.05) is 0 Å². The molecule has 33 heavy (non-hydrogen) atoms. The molecule has 1 N–H and O–H groups in total. The molecule has 4 nitrogen and oxygen atoms in total. The van der Waals surface area contributed by atoms with Crippen LogP contribution in [0, 0.1) is 19.7 Å². The maximum absolute atomic E-state index is 13.0. The zero-order valence-electron chi connectivity index (χ0n) is 18.2. The summed E-state index contributed by atoms with van der Waals surface area (Å²) < 4.78 is 19.6. The van der Waals surface area contributed by atoms with Gasteiger partial charge in [-0.05, 0) is 88.6 Å². The summed E-state index contributed by atoms with van der Waals surface area (Å²) >= 11 is 4.86. The van der Waals surface area contributed by atoms with Crippen molar-refractivity contribution in [3.8, 4) is 5.75 Å². The fourth-order valence-electron chi connectivity index (χ4n) is 3.44. The molecule has 1 aliphatic heterocycles. The zero-order valence-corrected chi connectivity index (χ0v) is 20.6. The number of hydrogen-bond acceptors (Lipinski definition) is 4. The lowest BCUT2D eigenvalue weighted by Crippen LogP contribution is -2.19. The van der Waals surface area contributed by atoms with E-state index >= 15 is 0 Å². The average Bonchev–Trinajstić information content (AvgIpc) is 3.11. The van der Waals surface area contributed by atoms with E-state index in [1.54, 1.807) is 12.1 Å². The minimum atomic E-state index is -0.274. The lowest BCUT2D eigenvalue weighted by molar-refractivity contribution is -0.115. The fraction of sp³-hybridized carbons (Fsp3) is 0.154. The molecule has 0 saturated carbocycles. The van der Waals surface area contributed by atoms with Crippen LogP contribution < -0.4 is 10.1 Å². The van der Waals surface area contributed by atoms with Crippen molar-refractivity contribution in [1.29, 1.82) is 0 Å². The number of carbonyl (C=O) groups is 1. The number of nitrogens with one attached hydrogen (secondary N) is 1. The molecule has 0 radical (unpaired) electrons. The van der Waals surface area contributed by atoms with E-state index in [9.17, 15) is 9.18 Å².